The number of hydrogen-bond donors (Lipinski definition) is 2. The minimum Gasteiger partial charge on any atom is -0.480 e. The van der Waals surface area contributed by atoms with Gasteiger partial charge in [-0.3, -0.25) is 9.59 Å². The van der Waals surface area contributed by atoms with E-state index in [4.69, 9.17) is 4.74 Å². The minimum atomic E-state index is -1.33. The summed E-state index contributed by atoms with van der Waals surface area (Å²) in [6.07, 6.45) is -1.17. The molecule has 0 radical (unpaired) electrons. The molecule has 0 spiro atoms. The predicted molar refractivity (Wildman–Crippen MR) is 137 cm³/mol. The molecule has 0 aromatic heterocycles. The summed E-state index contributed by atoms with van der Waals surface area (Å²) in [5.41, 5.74) is 4.22. The molecule has 0 saturated carbocycles. The van der Waals surface area contributed by atoms with Gasteiger partial charge in [0.1, 0.15) is 30.0 Å². The summed E-state index contributed by atoms with van der Waals surface area (Å²) in [7, 11) is 0. The van der Waals surface area contributed by atoms with E-state index < -0.39 is 24.0 Å². The average molecular weight is 585 g/mol. The van der Waals surface area contributed by atoms with Crippen LogP contribution in [0.25, 0.3) is 11.1 Å². The van der Waals surface area contributed by atoms with Crippen molar-refractivity contribution in [3.05, 3.63) is 66.6 Å². The number of ether oxygens (including phenoxy) is 1. The zero-order chi connectivity index (χ0) is 26.9. The fourth-order valence-electron chi connectivity index (χ4n) is 4.69. The van der Waals surface area contributed by atoms with Crippen molar-refractivity contribution in [3.8, 4) is 11.1 Å². The third-order valence-corrected chi connectivity index (χ3v) is 6.68. The molecule has 2 atom stereocenters. The van der Waals surface area contributed by atoms with E-state index in [0.717, 1.165) is 22.3 Å². The molecule has 1 aliphatic rings. The average Bonchev–Trinajstić information content (AvgIpc) is 3.22. The van der Waals surface area contributed by atoms with Crippen molar-refractivity contribution in [1.82, 2.24) is 5.32 Å². The summed E-state index contributed by atoms with van der Waals surface area (Å²) in [5, 5.41) is 11.9. The van der Waals surface area contributed by atoms with E-state index in [9.17, 15) is 29.1 Å². The number of hydrogen-bond acceptors (Lipinski definition) is 6. The number of carboxylic acids is 1. The fraction of sp³-hybridized carbons (Fsp3) is 0.379. The zero-order valence-corrected chi connectivity index (χ0v) is 29.2. The van der Waals surface area contributed by atoms with Gasteiger partial charge in [-0.2, -0.15) is 0 Å². The van der Waals surface area contributed by atoms with Crippen LogP contribution in [0, 0.1) is 12.8 Å². The molecule has 0 heterocycles. The van der Waals surface area contributed by atoms with Gasteiger partial charge in [-0.1, -0.05) is 55.5 Å². The van der Waals surface area contributed by atoms with Gasteiger partial charge in [0.2, 0.25) is 0 Å². The molecule has 0 bridgehead atoms. The Morgan fingerprint density at radius 2 is 1.46 bits per heavy atom. The third-order valence-electron chi connectivity index (χ3n) is 6.68. The van der Waals surface area contributed by atoms with E-state index in [-0.39, 0.29) is 171 Å². The SMILES string of the molecule is [CH2-]CC(=O)CC(CC(=O)CCC(NC(=O)OCC1c2ccccc2-c2ccccc21)C(=O)O)C(=O)CC.[K+].[K+]. The molecule has 1 amide bonds. The van der Waals surface area contributed by atoms with E-state index in [0.29, 0.717) is 0 Å². The second-order valence-electron chi connectivity index (χ2n) is 9.15. The van der Waals surface area contributed by atoms with Crippen LogP contribution in [0.2, 0.25) is 0 Å². The van der Waals surface area contributed by atoms with Crippen molar-refractivity contribution >= 4 is 29.4 Å². The van der Waals surface area contributed by atoms with Crippen LogP contribution in [0.5, 0.6) is 0 Å². The van der Waals surface area contributed by atoms with Gasteiger partial charge in [-0.05, 0) is 28.7 Å². The van der Waals surface area contributed by atoms with Crippen LogP contribution in [-0.2, 0) is 23.9 Å². The Kier molecular flexibility index (Phi) is 16.9. The number of nitrogens with one attached hydrogen (secondary N) is 1. The summed E-state index contributed by atoms with van der Waals surface area (Å²) >= 11 is 0. The Labute approximate surface area is 314 Å². The first-order valence-corrected chi connectivity index (χ1v) is 12.4. The maximum Gasteiger partial charge on any atom is 1.00 e. The maximum atomic E-state index is 12.5. The van der Waals surface area contributed by atoms with Gasteiger partial charge >= 0.3 is 115 Å². The molecule has 2 aromatic rings. The normalized spacial score (nSPS) is 13.0. The van der Waals surface area contributed by atoms with Gasteiger partial charge in [0.15, 0.2) is 0 Å². The number of ketones is 3. The smallest absolute Gasteiger partial charge is 0.480 e. The van der Waals surface area contributed by atoms with Crippen LogP contribution >= 0.6 is 0 Å². The molecule has 2 aromatic carbocycles. The Balaban J connectivity index is 0.00000380. The van der Waals surface area contributed by atoms with Gasteiger partial charge in [0, 0.05) is 37.5 Å². The quantitative estimate of drug-likeness (QED) is 0.205. The number of carbonyl (C=O) groups is 5. The van der Waals surface area contributed by atoms with Crippen LogP contribution in [-0.4, -0.2) is 47.2 Å². The zero-order valence-electron chi connectivity index (χ0n) is 22.9. The number of aliphatic carboxylic acids is 1. The Hall–Kier alpha value is -0.537. The molecule has 0 fully saturated rings. The first kappa shape index (κ1) is 36.5. The largest absolute Gasteiger partial charge is 1.00 e. The molecule has 3 rings (SSSR count). The molecule has 8 nitrogen and oxygen atoms in total. The number of Topliss-reactive ketones (excluding diaryl/α,β-unsaturated/α-hetero) is 3. The third kappa shape index (κ3) is 10.4. The van der Waals surface area contributed by atoms with Gasteiger partial charge < -0.3 is 26.9 Å². The number of benzene rings is 2. The minimum absolute atomic E-state index is 0. The number of fused-ring (bicyclic) bond motifs is 3. The summed E-state index contributed by atoms with van der Waals surface area (Å²) in [6, 6.07) is 14.4. The number of rotatable bonds is 14. The number of amides is 1. The van der Waals surface area contributed by atoms with Crippen LogP contribution < -0.4 is 108 Å². The second kappa shape index (κ2) is 18.1. The molecule has 196 valence electrons. The Morgan fingerprint density at radius 1 is 0.923 bits per heavy atom. The summed E-state index contributed by atoms with van der Waals surface area (Å²) in [4.78, 5) is 60.5. The molecule has 39 heavy (non-hydrogen) atoms. The Bertz CT molecular complexity index is 1140. The number of carboxylic acid groups (broad SMARTS) is 1. The first-order valence-electron chi connectivity index (χ1n) is 12.4. The molecular weight excluding hydrogens is 553 g/mol. The van der Waals surface area contributed by atoms with Gasteiger partial charge in [0.05, 0.1) is 0 Å². The van der Waals surface area contributed by atoms with Crippen LogP contribution in [0.4, 0.5) is 4.79 Å². The summed E-state index contributed by atoms with van der Waals surface area (Å²) < 4.78 is 5.41. The van der Waals surface area contributed by atoms with Crippen molar-refractivity contribution in [2.45, 2.75) is 57.4 Å². The second-order valence-corrected chi connectivity index (χ2v) is 9.15. The first-order chi connectivity index (χ1) is 17.7. The Morgan fingerprint density at radius 3 is 1.97 bits per heavy atom. The topological polar surface area (TPSA) is 127 Å². The van der Waals surface area contributed by atoms with Crippen molar-refractivity contribution in [3.63, 3.8) is 0 Å². The van der Waals surface area contributed by atoms with Gasteiger partial charge in [-0.15, -0.1) is 6.42 Å². The molecule has 1 aliphatic carbocycles. The number of carbonyl (C=O) groups excluding carboxylic acids is 4. The van der Waals surface area contributed by atoms with Crippen molar-refractivity contribution in [2.24, 2.45) is 5.92 Å². The van der Waals surface area contributed by atoms with E-state index in [1.807, 2.05) is 48.5 Å². The predicted octanol–water partition coefficient (Wildman–Crippen LogP) is -1.50. The molecule has 2 N–H and O–H groups in total. The summed E-state index contributed by atoms with van der Waals surface area (Å²) in [5.74, 6) is -2.94. The molecular formula is C29H32K2NO7+. The maximum absolute atomic E-state index is 12.5. The van der Waals surface area contributed by atoms with Gasteiger partial charge in [0.25, 0.3) is 0 Å². The van der Waals surface area contributed by atoms with Gasteiger partial charge in [-0.25, -0.2) is 9.59 Å². The number of alkyl carbamates (subject to hydrolysis) is 1. The van der Waals surface area contributed by atoms with Crippen molar-refractivity contribution in [2.75, 3.05) is 6.61 Å². The van der Waals surface area contributed by atoms with E-state index in [1.165, 1.54) is 0 Å². The molecule has 0 saturated heterocycles. The van der Waals surface area contributed by atoms with Crippen molar-refractivity contribution < 1.29 is 137 Å². The molecule has 2 unspecified atom stereocenters. The van der Waals surface area contributed by atoms with Crippen LogP contribution in [0.3, 0.4) is 0 Å². The summed E-state index contributed by atoms with van der Waals surface area (Å²) in [6.45, 7) is 5.20. The fourth-order valence-corrected chi connectivity index (χ4v) is 4.69. The molecule has 0 aliphatic heterocycles. The van der Waals surface area contributed by atoms with Crippen molar-refractivity contribution in [1.29, 1.82) is 0 Å². The van der Waals surface area contributed by atoms with E-state index in [1.54, 1.807) is 6.92 Å². The monoisotopic (exact) mass is 584 g/mol. The standard InChI is InChI=1S/C29H32NO7.2K/c1-3-19(31)15-18(27(33)4-2)16-20(32)13-14-26(28(34)35)30-29(36)37-17-25-23-11-7-5-9-21(23)22-10-6-8-12-24(22)25;;/h5-12,18,25-26H,1,3-4,13-17H2,2H3,(H,30,36)(H,34,35);;/q-1;2*+1. The molecule has 10 heteroatoms. The van der Waals surface area contributed by atoms with E-state index >= 15 is 0 Å². The van der Waals surface area contributed by atoms with E-state index in [2.05, 4.69) is 12.2 Å². The van der Waals surface area contributed by atoms with Crippen LogP contribution in [0.15, 0.2) is 48.5 Å². The van der Waals surface area contributed by atoms with Crippen LogP contribution in [0.1, 0.15) is 62.5 Å².